The van der Waals surface area contributed by atoms with E-state index in [0.717, 1.165) is 51.4 Å². The zero-order valence-electron chi connectivity index (χ0n) is 13.9. The minimum Gasteiger partial charge on any atom is -0.381 e. The van der Waals surface area contributed by atoms with Crippen LogP contribution in [0.3, 0.4) is 0 Å². The molecular formula is C18H27N3O2. The van der Waals surface area contributed by atoms with Gasteiger partial charge >= 0.3 is 0 Å². The largest absolute Gasteiger partial charge is 0.381 e. The van der Waals surface area contributed by atoms with Crippen molar-refractivity contribution in [3.8, 4) is 0 Å². The predicted octanol–water partition coefficient (Wildman–Crippen LogP) is 2.01. The van der Waals surface area contributed by atoms with Gasteiger partial charge in [-0.2, -0.15) is 0 Å². The van der Waals surface area contributed by atoms with Gasteiger partial charge in [0.15, 0.2) is 0 Å². The Morgan fingerprint density at radius 1 is 1.39 bits per heavy atom. The molecule has 1 aromatic heterocycles. The SMILES string of the molecule is CC(=O)N[C@H](c1ccccn1)C1CCN(C[C@@H]2CCOC2)CC1. The number of piperidine rings is 1. The molecule has 1 amide bonds. The van der Waals surface area contributed by atoms with Gasteiger partial charge in [-0.3, -0.25) is 9.78 Å². The van der Waals surface area contributed by atoms with Gasteiger partial charge in [-0.05, 0) is 56.3 Å². The number of ether oxygens (including phenoxy) is 1. The van der Waals surface area contributed by atoms with Crippen LogP contribution in [0.15, 0.2) is 24.4 Å². The summed E-state index contributed by atoms with van der Waals surface area (Å²) in [5.41, 5.74) is 0.977. The Morgan fingerprint density at radius 2 is 2.22 bits per heavy atom. The molecule has 0 spiro atoms. The van der Waals surface area contributed by atoms with Crippen LogP contribution in [0.2, 0.25) is 0 Å². The summed E-state index contributed by atoms with van der Waals surface area (Å²) >= 11 is 0. The normalized spacial score (nSPS) is 24.5. The molecule has 5 nitrogen and oxygen atoms in total. The number of likely N-dealkylation sites (tertiary alicyclic amines) is 1. The molecule has 126 valence electrons. The van der Waals surface area contributed by atoms with Crippen molar-refractivity contribution >= 4 is 5.91 Å². The first kappa shape index (κ1) is 16.4. The number of hydrogen-bond donors (Lipinski definition) is 1. The summed E-state index contributed by atoms with van der Waals surface area (Å²) in [7, 11) is 0. The predicted molar refractivity (Wildman–Crippen MR) is 88.9 cm³/mol. The Bertz CT molecular complexity index is 494. The Hall–Kier alpha value is -1.46. The van der Waals surface area contributed by atoms with Crippen molar-refractivity contribution in [3.05, 3.63) is 30.1 Å². The van der Waals surface area contributed by atoms with Gasteiger partial charge in [-0.1, -0.05) is 6.07 Å². The molecule has 0 aromatic carbocycles. The van der Waals surface area contributed by atoms with Gasteiger partial charge in [0.25, 0.3) is 0 Å². The standard InChI is InChI=1S/C18H27N3O2/c1-14(22)20-18(17-4-2-3-8-19-17)16-5-9-21(10-6-16)12-15-7-11-23-13-15/h2-4,8,15-16,18H,5-7,9-13H2,1H3,(H,20,22)/t15-,18-/m0/s1. The highest BCUT2D eigenvalue weighted by Crippen LogP contribution is 2.30. The smallest absolute Gasteiger partial charge is 0.217 e. The van der Waals surface area contributed by atoms with Crippen LogP contribution in [0, 0.1) is 11.8 Å². The van der Waals surface area contributed by atoms with Gasteiger partial charge < -0.3 is 15.0 Å². The van der Waals surface area contributed by atoms with Crippen LogP contribution in [0.1, 0.15) is 37.9 Å². The molecule has 23 heavy (non-hydrogen) atoms. The molecule has 2 aliphatic heterocycles. The van der Waals surface area contributed by atoms with E-state index in [0.29, 0.717) is 11.8 Å². The molecule has 0 saturated carbocycles. The molecule has 5 heteroatoms. The summed E-state index contributed by atoms with van der Waals surface area (Å²) in [5.74, 6) is 1.18. The fourth-order valence-electron chi connectivity index (χ4n) is 3.77. The molecule has 0 unspecified atom stereocenters. The Labute approximate surface area is 138 Å². The first-order valence-corrected chi connectivity index (χ1v) is 8.70. The van der Waals surface area contributed by atoms with Crippen molar-refractivity contribution in [2.24, 2.45) is 11.8 Å². The van der Waals surface area contributed by atoms with Gasteiger partial charge in [0.05, 0.1) is 18.3 Å². The van der Waals surface area contributed by atoms with E-state index in [9.17, 15) is 4.79 Å². The van der Waals surface area contributed by atoms with Crippen LogP contribution in [-0.2, 0) is 9.53 Å². The maximum Gasteiger partial charge on any atom is 0.217 e. The lowest BCUT2D eigenvalue weighted by atomic mass is 9.87. The second-order valence-electron chi connectivity index (χ2n) is 6.80. The van der Waals surface area contributed by atoms with E-state index >= 15 is 0 Å². The van der Waals surface area contributed by atoms with Crippen LogP contribution in [-0.4, -0.2) is 48.6 Å². The summed E-state index contributed by atoms with van der Waals surface area (Å²) in [6.07, 6.45) is 5.21. The summed E-state index contributed by atoms with van der Waals surface area (Å²) in [6, 6.07) is 5.96. The minimum absolute atomic E-state index is 0.0196. The topological polar surface area (TPSA) is 54.5 Å². The van der Waals surface area contributed by atoms with E-state index in [4.69, 9.17) is 4.74 Å². The summed E-state index contributed by atoms with van der Waals surface area (Å²) in [6.45, 7) is 6.79. The number of nitrogens with zero attached hydrogens (tertiary/aromatic N) is 2. The highest BCUT2D eigenvalue weighted by atomic mass is 16.5. The highest BCUT2D eigenvalue weighted by molar-refractivity contribution is 5.73. The third kappa shape index (κ3) is 4.52. The van der Waals surface area contributed by atoms with Crippen LogP contribution in [0.5, 0.6) is 0 Å². The highest BCUT2D eigenvalue weighted by Gasteiger charge is 2.30. The number of carbonyl (C=O) groups excluding carboxylic acids is 1. The van der Waals surface area contributed by atoms with Crippen LogP contribution >= 0.6 is 0 Å². The quantitative estimate of drug-likeness (QED) is 0.902. The number of carbonyl (C=O) groups is 1. The Morgan fingerprint density at radius 3 is 2.83 bits per heavy atom. The van der Waals surface area contributed by atoms with E-state index in [1.54, 1.807) is 13.1 Å². The lowest BCUT2D eigenvalue weighted by molar-refractivity contribution is -0.120. The maximum atomic E-state index is 11.6. The molecule has 0 bridgehead atoms. The van der Waals surface area contributed by atoms with Gasteiger partial charge in [0.2, 0.25) is 5.91 Å². The molecule has 2 aliphatic rings. The number of aromatic nitrogens is 1. The molecule has 2 saturated heterocycles. The second-order valence-corrected chi connectivity index (χ2v) is 6.80. The molecular weight excluding hydrogens is 290 g/mol. The van der Waals surface area contributed by atoms with E-state index in [1.807, 2.05) is 18.2 Å². The van der Waals surface area contributed by atoms with Gasteiger partial charge in [-0.25, -0.2) is 0 Å². The molecule has 0 radical (unpaired) electrons. The van der Waals surface area contributed by atoms with Gasteiger partial charge in [0, 0.05) is 26.3 Å². The van der Waals surface area contributed by atoms with Crippen molar-refractivity contribution in [1.82, 2.24) is 15.2 Å². The fourth-order valence-corrected chi connectivity index (χ4v) is 3.77. The van der Waals surface area contributed by atoms with E-state index in [-0.39, 0.29) is 11.9 Å². The molecule has 2 atom stereocenters. The average Bonchev–Trinajstić information content (AvgIpc) is 3.07. The molecule has 2 fully saturated rings. The van der Waals surface area contributed by atoms with Crippen molar-refractivity contribution in [2.45, 2.75) is 32.2 Å². The summed E-state index contributed by atoms with van der Waals surface area (Å²) in [5, 5.41) is 3.11. The fraction of sp³-hybridized carbons (Fsp3) is 0.667. The third-order valence-corrected chi connectivity index (χ3v) is 5.01. The monoisotopic (exact) mass is 317 g/mol. The van der Waals surface area contributed by atoms with Gasteiger partial charge in [-0.15, -0.1) is 0 Å². The van der Waals surface area contributed by atoms with E-state index < -0.39 is 0 Å². The Kier molecular flexibility index (Phi) is 5.62. The van der Waals surface area contributed by atoms with Crippen molar-refractivity contribution in [3.63, 3.8) is 0 Å². The third-order valence-electron chi connectivity index (χ3n) is 5.01. The maximum absolute atomic E-state index is 11.6. The first-order valence-electron chi connectivity index (χ1n) is 8.70. The number of rotatable bonds is 5. The molecule has 3 heterocycles. The summed E-state index contributed by atoms with van der Waals surface area (Å²) < 4.78 is 5.48. The Balaban J connectivity index is 1.57. The molecule has 3 rings (SSSR count). The first-order chi connectivity index (χ1) is 11.2. The van der Waals surface area contributed by atoms with Crippen LogP contribution in [0.25, 0.3) is 0 Å². The van der Waals surface area contributed by atoms with Crippen molar-refractivity contribution in [2.75, 3.05) is 32.8 Å². The van der Waals surface area contributed by atoms with Gasteiger partial charge in [0.1, 0.15) is 0 Å². The number of nitrogens with one attached hydrogen (secondary N) is 1. The minimum atomic E-state index is 0.0196. The van der Waals surface area contributed by atoms with E-state index in [2.05, 4.69) is 15.2 Å². The number of amides is 1. The zero-order valence-corrected chi connectivity index (χ0v) is 13.9. The molecule has 1 N–H and O–H groups in total. The van der Waals surface area contributed by atoms with Crippen LogP contribution in [0.4, 0.5) is 0 Å². The van der Waals surface area contributed by atoms with Crippen LogP contribution < -0.4 is 5.32 Å². The lowest BCUT2D eigenvalue weighted by Gasteiger charge is -2.36. The number of hydrogen-bond acceptors (Lipinski definition) is 4. The average molecular weight is 317 g/mol. The van der Waals surface area contributed by atoms with E-state index in [1.165, 1.54) is 6.42 Å². The van der Waals surface area contributed by atoms with Crippen molar-refractivity contribution in [1.29, 1.82) is 0 Å². The lowest BCUT2D eigenvalue weighted by Crippen LogP contribution is -2.42. The number of pyridine rings is 1. The molecule has 0 aliphatic carbocycles. The zero-order chi connectivity index (χ0) is 16.1. The molecule has 1 aromatic rings. The second kappa shape index (κ2) is 7.88. The van der Waals surface area contributed by atoms with Crippen molar-refractivity contribution < 1.29 is 9.53 Å². The summed E-state index contributed by atoms with van der Waals surface area (Å²) in [4.78, 5) is 18.6.